The van der Waals surface area contributed by atoms with Crippen molar-refractivity contribution < 1.29 is 13.2 Å². The molecule has 1 aliphatic carbocycles. The van der Waals surface area contributed by atoms with E-state index < -0.39 is 10.0 Å². The summed E-state index contributed by atoms with van der Waals surface area (Å²) in [5.74, 6) is -0.205. The van der Waals surface area contributed by atoms with Crippen LogP contribution in [0.3, 0.4) is 0 Å². The molecule has 1 rings (SSSR count). The largest absolute Gasteiger partial charge is 0.355 e. The lowest BCUT2D eigenvalue weighted by Gasteiger charge is -2.13. The van der Waals surface area contributed by atoms with Gasteiger partial charge < -0.3 is 5.32 Å². The minimum atomic E-state index is -3.29. The molecule has 0 heterocycles. The van der Waals surface area contributed by atoms with Gasteiger partial charge >= 0.3 is 0 Å². The number of carbonyl (C=O) groups is 1. The molecule has 110 valence electrons. The molecular weight excluding hydrogens is 264 g/mol. The Hall–Kier alpha value is -0.880. The van der Waals surface area contributed by atoms with Crippen molar-refractivity contribution in [3.8, 4) is 0 Å². The standard InChI is InChI=1S/C13H24N2O3S/c1-2-10-19(17,18)15-11-13(16)14-9-8-12-6-4-3-5-7-12/h6,15H,2-5,7-11H2,1H3,(H,14,16). The Morgan fingerprint density at radius 2 is 2.16 bits per heavy atom. The fourth-order valence-corrected chi connectivity index (χ4v) is 3.11. The highest BCUT2D eigenvalue weighted by atomic mass is 32.2. The predicted molar refractivity (Wildman–Crippen MR) is 76.3 cm³/mol. The average molecular weight is 288 g/mol. The third-order valence-corrected chi connectivity index (χ3v) is 4.61. The number of nitrogens with one attached hydrogen (secondary N) is 2. The summed E-state index contributed by atoms with van der Waals surface area (Å²) in [5.41, 5.74) is 1.40. The van der Waals surface area contributed by atoms with Crippen molar-refractivity contribution in [1.82, 2.24) is 10.0 Å². The molecule has 0 spiro atoms. The van der Waals surface area contributed by atoms with Crippen LogP contribution in [0.15, 0.2) is 11.6 Å². The highest BCUT2D eigenvalue weighted by Gasteiger charge is 2.11. The van der Waals surface area contributed by atoms with Crippen LogP contribution in [0.2, 0.25) is 0 Å². The van der Waals surface area contributed by atoms with Crippen molar-refractivity contribution in [3.05, 3.63) is 11.6 Å². The van der Waals surface area contributed by atoms with E-state index in [2.05, 4.69) is 16.1 Å². The van der Waals surface area contributed by atoms with Crippen LogP contribution in [-0.2, 0) is 14.8 Å². The van der Waals surface area contributed by atoms with Crippen LogP contribution in [0.4, 0.5) is 0 Å². The molecule has 1 amide bonds. The molecule has 0 aromatic heterocycles. The Bertz CT molecular complexity index is 416. The van der Waals surface area contributed by atoms with Crippen LogP contribution in [0.25, 0.3) is 0 Å². The number of carbonyl (C=O) groups excluding carboxylic acids is 1. The van der Waals surface area contributed by atoms with Gasteiger partial charge in [-0.2, -0.15) is 0 Å². The Morgan fingerprint density at radius 1 is 1.37 bits per heavy atom. The molecule has 0 bridgehead atoms. The smallest absolute Gasteiger partial charge is 0.235 e. The van der Waals surface area contributed by atoms with E-state index in [9.17, 15) is 13.2 Å². The van der Waals surface area contributed by atoms with Gasteiger partial charge in [-0.05, 0) is 38.5 Å². The van der Waals surface area contributed by atoms with Gasteiger partial charge in [0, 0.05) is 6.54 Å². The van der Waals surface area contributed by atoms with Gasteiger partial charge in [-0.1, -0.05) is 18.6 Å². The van der Waals surface area contributed by atoms with Crippen LogP contribution in [0.1, 0.15) is 45.4 Å². The molecule has 0 atom stereocenters. The van der Waals surface area contributed by atoms with Crippen LogP contribution in [0, 0.1) is 0 Å². The molecule has 0 fully saturated rings. The predicted octanol–water partition coefficient (Wildman–Crippen LogP) is 1.32. The lowest BCUT2D eigenvalue weighted by Crippen LogP contribution is -2.38. The van der Waals surface area contributed by atoms with Gasteiger partial charge in [0.1, 0.15) is 0 Å². The number of hydrogen-bond acceptors (Lipinski definition) is 3. The number of rotatable bonds is 8. The molecule has 0 aliphatic heterocycles. The minimum Gasteiger partial charge on any atom is -0.355 e. The first kappa shape index (κ1) is 16.2. The summed E-state index contributed by atoms with van der Waals surface area (Å²) in [6.45, 7) is 2.21. The minimum absolute atomic E-state index is 0.0627. The number of allylic oxidation sites excluding steroid dienone is 1. The third-order valence-electron chi connectivity index (χ3n) is 3.08. The lowest BCUT2D eigenvalue weighted by molar-refractivity contribution is -0.119. The molecule has 6 heteroatoms. The van der Waals surface area contributed by atoms with Gasteiger partial charge in [-0.25, -0.2) is 13.1 Å². The van der Waals surface area contributed by atoms with E-state index in [1.807, 2.05) is 0 Å². The zero-order chi connectivity index (χ0) is 14.1. The van der Waals surface area contributed by atoms with Gasteiger partial charge in [0.2, 0.25) is 15.9 Å². The van der Waals surface area contributed by atoms with Crippen LogP contribution >= 0.6 is 0 Å². The summed E-state index contributed by atoms with van der Waals surface area (Å²) < 4.78 is 25.0. The molecule has 0 aromatic rings. The summed E-state index contributed by atoms with van der Waals surface area (Å²) in [6.07, 6.45) is 8.42. The number of hydrogen-bond donors (Lipinski definition) is 2. The summed E-state index contributed by atoms with van der Waals surface area (Å²) in [4.78, 5) is 11.5. The van der Waals surface area contributed by atoms with E-state index in [1.54, 1.807) is 6.92 Å². The van der Waals surface area contributed by atoms with Crippen molar-refractivity contribution in [3.63, 3.8) is 0 Å². The molecule has 0 unspecified atom stereocenters. The van der Waals surface area contributed by atoms with Crippen molar-refractivity contribution in [2.45, 2.75) is 45.4 Å². The van der Waals surface area contributed by atoms with E-state index >= 15 is 0 Å². The maximum atomic E-state index is 11.5. The van der Waals surface area contributed by atoms with Gasteiger partial charge in [0.05, 0.1) is 12.3 Å². The number of sulfonamides is 1. The zero-order valence-corrected chi connectivity index (χ0v) is 12.4. The van der Waals surface area contributed by atoms with Crippen molar-refractivity contribution in [2.75, 3.05) is 18.8 Å². The monoisotopic (exact) mass is 288 g/mol. The van der Waals surface area contributed by atoms with Gasteiger partial charge in [0.15, 0.2) is 0 Å². The number of amides is 1. The van der Waals surface area contributed by atoms with Crippen LogP contribution in [-0.4, -0.2) is 33.2 Å². The molecule has 19 heavy (non-hydrogen) atoms. The maximum absolute atomic E-state index is 11.5. The SMILES string of the molecule is CCCS(=O)(=O)NCC(=O)NCCC1=CCCCC1. The van der Waals surface area contributed by atoms with Crippen LogP contribution < -0.4 is 10.0 Å². The highest BCUT2D eigenvalue weighted by Crippen LogP contribution is 2.19. The topological polar surface area (TPSA) is 75.3 Å². The van der Waals surface area contributed by atoms with E-state index in [4.69, 9.17) is 0 Å². The molecule has 2 N–H and O–H groups in total. The fourth-order valence-electron chi connectivity index (χ4n) is 2.07. The summed E-state index contributed by atoms with van der Waals surface area (Å²) in [7, 11) is -3.29. The zero-order valence-electron chi connectivity index (χ0n) is 11.6. The quantitative estimate of drug-likeness (QED) is 0.662. The fraction of sp³-hybridized carbons (Fsp3) is 0.769. The first-order valence-electron chi connectivity index (χ1n) is 6.95. The normalized spacial score (nSPS) is 15.9. The Balaban J connectivity index is 2.16. The highest BCUT2D eigenvalue weighted by molar-refractivity contribution is 7.89. The van der Waals surface area contributed by atoms with Crippen molar-refractivity contribution >= 4 is 15.9 Å². The molecular formula is C13H24N2O3S. The van der Waals surface area contributed by atoms with E-state index in [1.165, 1.54) is 18.4 Å². The molecule has 0 aromatic carbocycles. The summed E-state index contributed by atoms with van der Waals surface area (Å²) in [5, 5.41) is 2.74. The Kier molecular flexibility index (Phi) is 7.09. The van der Waals surface area contributed by atoms with E-state index in [-0.39, 0.29) is 18.2 Å². The van der Waals surface area contributed by atoms with Gasteiger partial charge in [-0.15, -0.1) is 0 Å². The van der Waals surface area contributed by atoms with E-state index in [0.717, 1.165) is 19.3 Å². The molecule has 5 nitrogen and oxygen atoms in total. The molecule has 1 aliphatic rings. The average Bonchev–Trinajstić information content (AvgIpc) is 2.38. The second kappa shape index (κ2) is 8.32. The van der Waals surface area contributed by atoms with Crippen molar-refractivity contribution in [2.24, 2.45) is 0 Å². The summed E-state index contributed by atoms with van der Waals surface area (Å²) in [6, 6.07) is 0. The third kappa shape index (κ3) is 7.32. The maximum Gasteiger partial charge on any atom is 0.235 e. The summed E-state index contributed by atoms with van der Waals surface area (Å²) >= 11 is 0. The van der Waals surface area contributed by atoms with Crippen LogP contribution in [0.5, 0.6) is 0 Å². The van der Waals surface area contributed by atoms with Gasteiger partial charge in [0.25, 0.3) is 0 Å². The second-order valence-corrected chi connectivity index (χ2v) is 6.77. The lowest BCUT2D eigenvalue weighted by atomic mass is 9.97. The first-order chi connectivity index (χ1) is 9.03. The van der Waals surface area contributed by atoms with Crippen molar-refractivity contribution in [1.29, 1.82) is 0 Å². The van der Waals surface area contributed by atoms with E-state index in [0.29, 0.717) is 13.0 Å². The second-order valence-electron chi connectivity index (χ2n) is 4.85. The Labute approximate surface area is 115 Å². The first-order valence-corrected chi connectivity index (χ1v) is 8.60. The Morgan fingerprint density at radius 3 is 2.79 bits per heavy atom. The molecule has 0 saturated heterocycles. The van der Waals surface area contributed by atoms with Gasteiger partial charge in [-0.3, -0.25) is 4.79 Å². The molecule has 0 radical (unpaired) electrons. The molecule has 0 saturated carbocycles.